The molecule has 0 spiro atoms. The summed E-state index contributed by atoms with van der Waals surface area (Å²) in [6.07, 6.45) is 0. The number of aromatic nitrogens is 1. The van der Waals surface area contributed by atoms with Gasteiger partial charge < -0.3 is 14.5 Å². The second-order valence-corrected chi connectivity index (χ2v) is 8.53. The number of halogens is 1. The normalized spacial score (nSPS) is 11.1. The van der Waals surface area contributed by atoms with Crippen molar-refractivity contribution in [1.29, 1.82) is 0 Å². The van der Waals surface area contributed by atoms with E-state index >= 15 is 0 Å². The standard InChI is InChI=1S/C21H18FN3O4S2/c1-11(26)23-8-12-6-7-16(29-12)15-10-30-21(24-15)25-20(27)19-13(9-28-2)18-14(22)4-3-5-17(18)31-19/h3-7,10H,8-9H2,1-2H3,(H,23,26)(H,24,25,27). The van der Waals surface area contributed by atoms with Crippen molar-refractivity contribution in [1.82, 2.24) is 10.3 Å². The average Bonchev–Trinajstić information content (AvgIpc) is 3.45. The first-order valence-electron chi connectivity index (χ1n) is 9.25. The summed E-state index contributed by atoms with van der Waals surface area (Å²) >= 11 is 2.46. The second-order valence-electron chi connectivity index (χ2n) is 6.62. The van der Waals surface area contributed by atoms with Crippen LogP contribution in [0.2, 0.25) is 0 Å². The molecular weight excluding hydrogens is 441 g/mol. The summed E-state index contributed by atoms with van der Waals surface area (Å²) in [6.45, 7) is 1.84. The highest BCUT2D eigenvalue weighted by Gasteiger charge is 2.22. The maximum atomic E-state index is 14.3. The molecular formula is C21H18FN3O4S2. The number of nitrogens with zero attached hydrogens (tertiary/aromatic N) is 1. The van der Waals surface area contributed by atoms with Crippen molar-refractivity contribution >= 4 is 49.7 Å². The number of rotatable bonds is 7. The van der Waals surface area contributed by atoms with Crippen LogP contribution in [0.15, 0.2) is 40.1 Å². The average molecular weight is 460 g/mol. The zero-order valence-electron chi connectivity index (χ0n) is 16.7. The molecule has 31 heavy (non-hydrogen) atoms. The molecule has 2 N–H and O–H groups in total. The van der Waals surface area contributed by atoms with Gasteiger partial charge in [-0.15, -0.1) is 22.7 Å². The number of hydrogen-bond donors (Lipinski definition) is 2. The van der Waals surface area contributed by atoms with Crippen LogP contribution in [0, 0.1) is 5.82 Å². The van der Waals surface area contributed by atoms with Crippen LogP contribution in [0.4, 0.5) is 9.52 Å². The number of methoxy groups -OCH3 is 1. The molecule has 0 radical (unpaired) electrons. The van der Waals surface area contributed by atoms with Crippen molar-refractivity contribution in [3.63, 3.8) is 0 Å². The third kappa shape index (κ3) is 4.50. The molecule has 0 atom stereocenters. The maximum Gasteiger partial charge on any atom is 0.267 e. The molecule has 4 aromatic rings. The fourth-order valence-electron chi connectivity index (χ4n) is 3.05. The quantitative estimate of drug-likeness (QED) is 0.414. The van der Waals surface area contributed by atoms with E-state index in [4.69, 9.17) is 9.15 Å². The SMILES string of the molecule is COCc1c(C(=O)Nc2nc(-c3ccc(CNC(C)=O)o3)cs2)sc2cccc(F)c12. The predicted molar refractivity (Wildman–Crippen MR) is 118 cm³/mol. The molecule has 10 heteroatoms. The maximum absolute atomic E-state index is 14.3. The number of fused-ring (bicyclic) bond motifs is 1. The molecule has 160 valence electrons. The van der Waals surface area contributed by atoms with Gasteiger partial charge in [-0.3, -0.25) is 14.9 Å². The lowest BCUT2D eigenvalue weighted by Crippen LogP contribution is -2.18. The minimum absolute atomic E-state index is 0.121. The minimum atomic E-state index is -0.385. The summed E-state index contributed by atoms with van der Waals surface area (Å²) in [7, 11) is 1.50. The Morgan fingerprint density at radius 2 is 2.10 bits per heavy atom. The van der Waals surface area contributed by atoms with Crippen molar-refractivity contribution < 1.29 is 23.1 Å². The Balaban J connectivity index is 1.54. The van der Waals surface area contributed by atoms with Crippen molar-refractivity contribution in [3.05, 3.63) is 57.7 Å². The third-order valence-electron chi connectivity index (χ3n) is 4.41. The van der Waals surface area contributed by atoms with Crippen molar-refractivity contribution in [3.8, 4) is 11.5 Å². The number of carbonyl (C=O) groups excluding carboxylic acids is 2. The molecule has 1 aromatic carbocycles. The smallest absolute Gasteiger partial charge is 0.267 e. The van der Waals surface area contributed by atoms with Crippen LogP contribution in [-0.2, 0) is 22.7 Å². The van der Waals surface area contributed by atoms with E-state index in [1.54, 1.807) is 29.6 Å². The summed E-state index contributed by atoms with van der Waals surface area (Å²) < 4.78 is 25.9. The van der Waals surface area contributed by atoms with Crippen LogP contribution >= 0.6 is 22.7 Å². The third-order valence-corrected chi connectivity index (χ3v) is 6.36. The van der Waals surface area contributed by atoms with Gasteiger partial charge in [0.15, 0.2) is 10.9 Å². The molecule has 0 saturated carbocycles. The minimum Gasteiger partial charge on any atom is -0.458 e. The van der Waals surface area contributed by atoms with Gasteiger partial charge in [0.25, 0.3) is 5.91 Å². The first kappa shape index (κ1) is 21.2. The van der Waals surface area contributed by atoms with E-state index in [2.05, 4.69) is 15.6 Å². The number of amides is 2. The number of furan rings is 1. The Morgan fingerprint density at radius 1 is 1.26 bits per heavy atom. The Morgan fingerprint density at radius 3 is 2.87 bits per heavy atom. The molecule has 0 fully saturated rings. The largest absolute Gasteiger partial charge is 0.458 e. The van der Waals surface area contributed by atoms with Crippen LogP contribution in [0.5, 0.6) is 0 Å². The second kappa shape index (κ2) is 8.96. The number of nitrogens with one attached hydrogen (secondary N) is 2. The van der Waals surface area contributed by atoms with Crippen molar-refractivity contribution in [2.75, 3.05) is 12.4 Å². The van der Waals surface area contributed by atoms with Crippen LogP contribution in [0.3, 0.4) is 0 Å². The lowest BCUT2D eigenvalue weighted by molar-refractivity contribution is -0.119. The highest BCUT2D eigenvalue weighted by molar-refractivity contribution is 7.21. The van der Waals surface area contributed by atoms with Crippen molar-refractivity contribution in [2.24, 2.45) is 0 Å². The first-order valence-corrected chi connectivity index (χ1v) is 10.9. The van der Waals surface area contributed by atoms with Crippen molar-refractivity contribution in [2.45, 2.75) is 20.1 Å². The van der Waals surface area contributed by atoms with Gasteiger partial charge in [-0.05, 0) is 24.3 Å². The summed E-state index contributed by atoms with van der Waals surface area (Å²) in [5, 5.41) is 8.00. The number of hydrogen-bond acceptors (Lipinski definition) is 7. The zero-order chi connectivity index (χ0) is 22.0. The molecule has 0 aliphatic heterocycles. The van der Waals surface area contributed by atoms with Crippen LogP contribution in [0.1, 0.15) is 27.9 Å². The first-order chi connectivity index (χ1) is 15.0. The Kier molecular flexibility index (Phi) is 6.12. The molecule has 3 aromatic heterocycles. The van der Waals surface area contributed by atoms with Gasteiger partial charge in [-0.1, -0.05) is 6.07 Å². The number of ether oxygens (including phenoxy) is 1. The van der Waals surface area contributed by atoms with E-state index < -0.39 is 0 Å². The Labute approximate surface area is 184 Å². The number of carbonyl (C=O) groups is 2. The Hall–Kier alpha value is -3.08. The van der Waals surface area contributed by atoms with Crippen LogP contribution in [-0.4, -0.2) is 23.9 Å². The number of benzene rings is 1. The fraction of sp³-hybridized carbons (Fsp3) is 0.190. The number of thiophene rings is 1. The fourth-order valence-corrected chi connectivity index (χ4v) is 4.87. The number of thiazole rings is 1. The van der Waals surface area contributed by atoms with E-state index in [0.29, 0.717) is 42.9 Å². The summed E-state index contributed by atoms with van der Waals surface area (Å²) in [4.78, 5) is 28.7. The van der Waals surface area contributed by atoms with Gasteiger partial charge in [-0.2, -0.15) is 0 Å². The van der Waals surface area contributed by atoms with Gasteiger partial charge in [0.05, 0.1) is 18.0 Å². The van der Waals surface area contributed by atoms with E-state index in [9.17, 15) is 14.0 Å². The van der Waals surface area contributed by atoms with E-state index in [1.807, 2.05) is 0 Å². The molecule has 4 rings (SSSR count). The lowest BCUT2D eigenvalue weighted by atomic mass is 10.1. The van der Waals surface area contributed by atoms with Gasteiger partial charge >= 0.3 is 0 Å². The zero-order valence-corrected chi connectivity index (χ0v) is 18.3. The molecule has 0 aliphatic rings. The van der Waals surface area contributed by atoms with Gasteiger partial charge in [-0.25, -0.2) is 9.37 Å². The number of anilines is 1. The Bertz CT molecular complexity index is 1260. The molecule has 2 amide bonds. The van der Waals surface area contributed by atoms with Gasteiger partial charge in [0.1, 0.15) is 17.3 Å². The van der Waals surface area contributed by atoms with E-state index in [-0.39, 0.29) is 30.8 Å². The molecule has 7 nitrogen and oxygen atoms in total. The molecule has 0 aliphatic carbocycles. The summed E-state index contributed by atoms with van der Waals surface area (Å²) in [5.41, 5.74) is 1.08. The monoisotopic (exact) mass is 459 g/mol. The van der Waals surface area contributed by atoms with Gasteiger partial charge in [0.2, 0.25) is 5.91 Å². The molecule has 3 heterocycles. The highest BCUT2D eigenvalue weighted by atomic mass is 32.1. The molecule has 0 saturated heterocycles. The predicted octanol–water partition coefficient (Wildman–Crippen LogP) is 4.79. The van der Waals surface area contributed by atoms with E-state index in [1.165, 1.54) is 42.8 Å². The highest BCUT2D eigenvalue weighted by Crippen LogP contribution is 2.35. The van der Waals surface area contributed by atoms with Crippen LogP contribution in [0.25, 0.3) is 21.5 Å². The molecule has 0 bridgehead atoms. The van der Waals surface area contributed by atoms with Gasteiger partial charge in [0, 0.05) is 35.1 Å². The van der Waals surface area contributed by atoms with Crippen LogP contribution < -0.4 is 10.6 Å². The van der Waals surface area contributed by atoms with E-state index in [0.717, 1.165) is 0 Å². The lowest BCUT2D eigenvalue weighted by Gasteiger charge is -2.04. The topological polar surface area (TPSA) is 93.5 Å². The molecule has 0 unspecified atom stereocenters. The summed E-state index contributed by atoms with van der Waals surface area (Å²) in [6, 6.07) is 8.26. The summed E-state index contributed by atoms with van der Waals surface area (Å²) in [5.74, 6) is 0.218.